The third kappa shape index (κ3) is 3.60. The van der Waals surface area contributed by atoms with Gasteiger partial charge in [-0.3, -0.25) is 0 Å². The van der Waals surface area contributed by atoms with Gasteiger partial charge in [-0.05, 0) is 126 Å². The number of aromatic amines is 2. The molecule has 3 aromatic heterocycles. The second-order valence-electron chi connectivity index (χ2n) is 16.4. The highest BCUT2D eigenvalue weighted by molar-refractivity contribution is 6.01. The van der Waals surface area contributed by atoms with Crippen molar-refractivity contribution in [1.82, 2.24) is 19.9 Å². The third-order valence-corrected chi connectivity index (χ3v) is 13.9. The number of hydrogen-bond acceptors (Lipinski definition) is 2. The maximum atomic E-state index is 5.57. The van der Waals surface area contributed by atoms with Gasteiger partial charge in [0.1, 0.15) is 0 Å². The summed E-state index contributed by atoms with van der Waals surface area (Å²) in [5.41, 5.74) is 21.4. The zero-order valence-electron chi connectivity index (χ0n) is 28.2. The summed E-state index contributed by atoms with van der Waals surface area (Å²) in [6, 6.07) is 9.71. The molecule has 0 saturated heterocycles. The predicted octanol–water partition coefficient (Wildman–Crippen LogP) is 11.0. The molecule has 2 N–H and O–H groups in total. The van der Waals surface area contributed by atoms with Crippen LogP contribution in [0.3, 0.4) is 0 Å². The van der Waals surface area contributed by atoms with E-state index in [-0.39, 0.29) is 0 Å². The highest BCUT2D eigenvalue weighted by Crippen LogP contribution is 2.55. The van der Waals surface area contributed by atoms with Crippen LogP contribution in [-0.4, -0.2) is 19.9 Å². The molecule has 8 atom stereocenters. The Balaban J connectivity index is 1.24. The lowest BCUT2D eigenvalue weighted by atomic mass is 9.69. The van der Waals surface area contributed by atoms with Gasteiger partial charge >= 0.3 is 0 Å². The van der Waals surface area contributed by atoms with Crippen LogP contribution < -0.4 is 0 Å². The number of allylic oxidation sites excluding steroid dienone is 11. The number of rotatable bonds is 1. The van der Waals surface area contributed by atoms with Gasteiger partial charge in [-0.2, -0.15) is 0 Å². The van der Waals surface area contributed by atoms with E-state index in [1.54, 1.807) is 0 Å². The van der Waals surface area contributed by atoms with Crippen molar-refractivity contribution in [2.45, 2.75) is 82.0 Å². The minimum Gasteiger partial charge on any atom is -0.355 e. The SMILES string of the molecule is C=CC1CCC(C)c2c1c1cc3[nH]c(cc4nc(cc5nc(cc2[nH]1)C1=C5C2C=CC1CC2)C1=C4C2C=CC1CC2)c1c3C2C=CC1CC2. The molecule has 4 heteroatoms. The number of fused-ring (bicyclic) bond motifs is 14. The van der Waals surface area contributed by atoms with E-state index in [4.69, 9.17) is 9.97 Å². The predicted molar refractivity (Wildman–Crippen MR) is 200 cm³/mol. The van der Waals surface area contributed by atoms with Crippen LogP contribution >= 0.6 is 0 Å². The van der Waals surface area contributed by atoms with Crippen LogP contribution in [-0.2, 0) is 0 Å². The summed E-state index contributed by atoms with van der Waals surface area (Å²) in [7, 11) is 0. The molecule has 49 heavy (non-hydrogen) atoms. The summed E-state index contributed by atoms with van der Waals surface area (Å²) in [6.07, 6.45) is 26.7. The van der Waals surface area contributed by atoms with Crippen molar-refractivity contribution in [2.75, 3.05) is 0 Å². The molecule has 4 nitrogen and oxygen atoms in total. The molecule has 14 bridgehead atoms. The standard InChI is InChI=1S/C45H42N4/c1-3-23-5-4-22(2)38-30-18-32-40-24-6-8-26(9-7-24)42(40)34(47-32)20-36-44-28-14-16-29(17-15-28)45(44)37(49-36)21-35-43-27-12-10-25(11-13-27)41(43)33(48-35)19-31(46-30)39(23)38/h3,6,8,10,12,14,16,18-29,46,48H,1,4-5,7,9,11,13,15,17H2,2H3. The fourth-order valence-electron chi connectivity index (χ4n) is 11.8. The molecule has 10 aliphatic carbocycles. The van der Waals surface area contributed by atoms with Crippen molar-refractivity contribution in [3.8, 4) is 0 Å². The zero-order valence-corrected chi connectivity index (χ0v) is 28.2. The molecule has 5 heterocycles. The van der Waals surface area contributed by atoms with E-state index < -0.39 is 0 Å². The van der Waals surface area contributed by atoms with E-state index in [9.17, 15) is 0 Å². The van der Waals surface area contributed by atoms with Crippen LogP contribution in [0, 0.1) is 23.7 Å². The van der Waals surface area contributed by atoms with Gasteiger partial charge < -0.3 is 9.97 Å². The molecule has 8 unspecified atom stereocenters. The van der Waals surface area contributed by atoms with Crippen LogP contribution in [0.25, 0.3) is 44.4 Å². The van der Waals surface area contributed by atoms with Gasteiger partial charge in [-0.25, -0.2) is 9.97 Å². The normalized spacial score (nSPS) is 32.4. The molecule has 0 amide bonds. The van der Waals surface area contributed by atoms with E-state index in [1.165, 1.54) is 117 Å². The number of nitrogens with one attached hydrogen (secondary N) is 2. The first-order chi connectivity index (χ1) is 24.1. The molecule has 0 fully saturated rings. The number of hydrogen-bond donors (Lipinski definition) is 2. The largest absolute Gasteiger partial charge is 0.355 e. The number of aromatic nitrogens is 4. The van der Waals surface area contributed by atoms with Crippen molar-refractivity contribution in [1.29, 1.82) is 0 Å². The number of nitrogens with zero attached hydrogens (tertiary/aromatic N) is 2. The molecule has 0 saturated carbocycles. The molecule has 242 valence electrons. The van der Waals surface area contributed by atoms with Gasteiger partial charge in [-0.15, -0.1) is 6.58 Å². The lowest BCUT2D eigenvalue weighted by Crippen LogP contribution is -2.19. The molecule has 0 radical (unpaired) electrons. The Morgan fingerprint density at radius 1 is 0.490 bits per heavy atom. The van der Waals surface area contributed by atoms with Gasteiger partial charge in [-0.1, -0.05) is 49.5 Å². The fourth-order valence-corrected chi connectivity index (χ4v) is 11.8. The summed E-state index contributed by atoms with van der Waals surface area (Å²) < 4.78 is 0. The van der Waals surface area contributed by atoms with Crippen molar-refractivity contribution in [2.24, 2.45) is 23.7 Å². The van der Waals surface area contributed by atoms with Gasteiger partial charge in [0.05, 0.1) is 22.8 Å². The molecular formula is C45H42N4. The smallest absolute Gasteiger partial charge is 0.0700 e. The first kappa shape index (κ1) is 27.4. The van der Waals surface area contributed by atoms with Crippen LogP contribution in [0.4, 0.5) is 0 Å². The Morgan fingerprint density at radius 3 is 1.37 bits per heavy atom. The zero-order chi connectivity index (χ0) is 32.1. The summed E-state index contributed by atoms with van der Waals surface area (Å²) in [5.74, 6) is 3.52. The molecule has 2 aliphatic heterocycles. The van der Waals surface area contributed by atoms with E-state index in [0.717, 1.165) is 23.5 Å². The van der Waals surface area contributed by atoms with Crippen molar-refractivity contribution in [3.05, 3.63) is 118 Å². The van der Waals surface area contributed by atoms with Gasteiger partial charge in [0, 0.05) is 63.5 Å². The van der Waals surface area contributed by atoms with Crippen molar-refractivity contribution >= 4 is 44.4 Å². The van der Waals surface area contributed by atoms with Crippen molar-refractivity contribution < 1.29 is 0 Å². The van der Waals surface area contributed by atoms with Crippen LogP contribution in [0.15, 0.2) is 73.4 Å². The molecule has 0 spiro atoms. The van der Waals surface area contributed by atoms with Crippen LogP contribution in [0.2, 0.25) is 0 Å². The maximum Gasteiger partial charge on any atom is 0.0700 e. The molecule has 3 aromatic rings. The van der Waals surface area contributed by atoms with E-state index in [2.05, 4.69) is 90.3 Å². The second kappa shape index (κ2) is 9.62. The molecule has 12 aliphatic rings. The van der Waals surface area contributed by atoms with Crippen LogP contribution in [0.5, 0.6) is 0 Å². The highest BCUT2D eigenvalue weighted by Gasteiger charge is 2.41. The van der Waals surface area contributed by atoms with Crippen molar-refractivity contribution in [3.63, 3.8) is 0 Å². The molecule has 15 rings (SSSR count). The Kier molecular flexibility index (Phi) is 5.38. The minimum absolute atomic E-state index is 0.345. The maximum absolute atomic E-state index is 5.57. The third-order valence-electron chi connectivity index (χ3n) is 13.9. The minimum atomic E-state index is 0.345. The van der Waals surface area contributed by atoms with Gasteiger partial charge in [0.25, 0.3) is 0 Å². The number of H-pyrrole nitrogens is 2. The van der Waals surface area contributed by atoms with Gasteiger partial charge in [0.2, 0.25) is 0 Å². The summed E-state index contributed by atoms with van der Waals surface area (Å²) in [6.45, 7) is 6.77. The van der Waals surface area contributed by atoms with Gasteiger partial charge in [0.15, 0.2) is 0 Å². The lowest BCUT2D eigenvalue weighted by molar-refractivity contribution is 0.557. The average molecular weight is 639 g/mol. The topological polar surface area (TPSA) is 57.4 Å². The molecular weight excluding hydrogens is 597 g/mol. The fraction of sp³-hybridized carbons (Fsp3) is 0.378. The summed E-state index contributed by atoms with van der Waals surface area (Å²) in [4.78, 5) is 19.2. The Bertz CT molecular complexity index is 2380. The first-order valence-electron chi connectivity index (χ1n) is 19.1. The Morgan fingerprint density at radius 2 is 0.898 bits per heavy atom. The Labute approximate surface area is 287 Å². The quantitative estimate of drug-likeness (QED) is 0.261. The Hall–Kier alpha value is -4.44. The highest BCUT2D eigenvalue weighted by atomic mass is 14.8. The van der Waals surface area contributed by atoms with E-state index in [0.29, 0.717) is 47.3 Å². The monoisotopic (exact) mass is 638 g/mol. The summed E-state index contributed by atoms with van der Waals surface area (Å²) in [5, 5.41) is 0. The van der Waals surface area contributed by atoms with E-state index in [1.807, 2.05) is 0 Å². The average Bonchev–Trinajstić information content (AvgIpc) is 3.91. The second-order valence-corrected chi connectivity index (χ2v) is 16.4. The van der Waals surface area contributed by atoms with Crippen LogP contribution in [0.1, 0.15) is 127 Å². The van der Waals surface area contributed by atoms with E-state index >= 15 is 0 Å². The molecule has 0 aromatic carbocycles. The summed E-state index contributed by atoms with van der Waals surface area (Å²) >= 11 is 0. The lowest BCUT2D eigenvalue weighted by Gasteiger charge is -2.33. The first-order valence-corrected chi connectivity index (χ1v) is 19.1.